The number of aryl methyl sites for hydroxylation is 2. The van der Waals surface area contributed by atoms with Crippen molar-refractivity contribution in [3.63, 3.8) is 0 Å². The average molecular weight is 551 g/mol. The van der Waals surface area contributed by atoms with Crippen molar-refractivity contribution in [1.82, 2.24) is 14.1 Å². The average Bonchev–Trinajstić information content (AvgIpc) is 3.21. The molecule has 0 bridgehead atoms. The van der Waals surface area contributed by atoms with Crippen molar-refractivity contribution in [2.45, 2.75) is 99.8 Å². The van der Waals surface area contributed by atoms with Crippen molar-refractivity contribution in [1.29, 1.82) is 0 Å². The maximum atomic E-state index is 13.4. The second-order valence-electron chi connectivity index (χ2n) is 8.27. The normalized spacial score (nSPS) is 11.4. The summed E-state index contributed by atoms with van der Waals surface area (Å²) in [5, 5.41) is 4.50. The molecular formula is C29H50N4O4S. The fourth-order valence-electron chi connectivity index (χ4n) is 3.95. The monoisotopic (exact) mass is 550 g/mol. The summed E-state index contributed by atoms with van der Waals surface area (Å²) in [7, 11) is -1.93. The van der Waals surface area contributed by atoms with Crippen LogP contribution in [0.15, 0.2) is 28.1 Å². The van der Waals surface area contributed by atoms with E-state index in [9.17, 15) is 13.2 Å². The number of benzene rings is 1. The molecule has 2 aromatic rings. The van der Waals surface area contributed by atoms with E-state index in [4.69, 9.17) is 9.73 Å². The predicted octanol–water partition coefficient (Wildman–Crippen LogP) is 6.98. The third-order valence-corrected chi connectivity index (χ3v) is 7.31. The van der Waals surface area contributed by atoms with Crippen LogP contribution in [0.1, 0.15) is 110 Å². The first kappa shape index (κ1) is 35.5. The molecule has 0 amide bonds. The SMILES string of the molecule is CC.CC.CCCc1nn(C)c(C(C)=O)c1N=C(C)c1cc(S(=O)(=O)N(CCC)CCC)ccc1OCC. The van der Waals surface area contributed by atoms with E-state index in [-0.39, 0.29) is 10.7 Å². The van der Waals surface area contributed by atoms with Crippen LogP contribution in [-0.2, 0) is 23.5 Å². The van der Waals surface area contributed by atoms with Gasteiger partial charge in [-0.15, -0.1) is 0 Å². The number of carbonyl (C=O) groups excluding carboxylic acids is 1. The van der Waals surface area contributed by atoms with Crippen LogP contribution in [0.2, 0.25) is 0 Å². The highest BCUT2D eigenvalue weighted by molar-refractivity contribution is 7.89. The second kappa shape index (κ2) is 17.9. The number of hydrogen-bond acceptors (Lipinski definition) is 6. The van der Waals surface area contributed by atoms with Crippen molar-refractivity contribution < 1.29 is 17.9 Å². The van der Waals surface area contributed by atoms with Crippen LogP contribution in [0, 0.1) is 0 Å². The number of ether oxygens (including phenoxy) is 1. The van der Waals surface area contributed by atoms with Gasteiger partial charge >= 0.3 is 0 Å². The highest BCUT2D eigenvalue weighted by Crippen LogP contribution is 2.30. The minimum Gasteiger partial charge on any atom is -0.493 e. The van der Waals surface area contributed by atoms with Gasteiger partial charge in [-0.05, 0) is 51.3 Å². The fourth-order valence-corrected chi connectivity index (χ4v) is 5.60. The zero-order valence-corrected chi connectivity index (χ0v) is 26.3. The number of Topliss-reactive ketones (excluding diaryl/α,β-unsaturated/α-hetero) is 1. The number of nitrogens with zero attached hydrogens (tertiary/aromatic N) is 4. The Morgan fingerprint density at radius 2 is 1.58 bits per heavy atom. The Labute approximate surface area is 231 Å². The maximum Gasteiger partial charge on any atom is 0.243 e. The minimum absolute atomic E-state index is 0.125. The number of rotatable bonds is 13. The summed E-state index contributed by atoms with van der Waals surface area (Å²) in [4.78, 5) is 17.3. The molecule has 2 rings (SSSR count). The van der Waals surface area contributed by atoms with Gasteiger partial charge in [-0.1, -0.05) is 54.9 Å². The number of sulfonamides is 1. The first-order chi connectivity index (χ1) is 18.1. The van der Waals surface area contributed by atoms with E-state index in [1.807, 2.05) is 55.4 Å². The summed E-state index contributed by atoms with van der Waals surface area (Å²) < 4.78 is 35.7. The number of hydrogen-bond donors (Lipinski definition) is 0. The molecule has 0 N–H and O–H groups in total. The van der Waals surface area contributed by atoms with Crippen LogP contribution in [0.5, 0.6) is 5.75 Å². The molecule has 216 valence electrons. The molecule has 0 aliphatic heterocycles. The molecule has 0 radical (unpaired) electrons. The van der Waals surface area contributed by atoms with Gasteiger partial charge in [0.1, 0.15) is 17.1 Å². The molecule has 38 heavy (non-hydrogen) atoms. The maximum absolute atomic E-state index is 13.4. The molecule has 0 saturated heterocycles. The molecule has 1 aromatic carbocycles. The van der Waals surface area contributed by atoms with Crippen molar-refractivity contribution in [3.8, 4) is 5.75 Å². The largest absolute Gasteiger partial charge is 0.493 e. The number of aliphatic imine (C=N–C) groups is 1. The molecule has 9 heteroatoms. The second-order valence-corrected chi connectivity index (χ2v) is 10.2. The summed E-state index contributed by atoms with van der Waals surface area (Å²) in [6.07, 6.45) is 3.01. The summed E-state index contributed by atoms with van der Waals surface area (Å²) in [6, 6.07) is 4.90. The van der Waals surface area contributed by atoms with E-state index in [0.29, 0.717) is 54.5 Å². The predicted molar refractivity (Wildman–Crippen MR) is 159 cm³/mol. The van der Waals surface area contributed by atoms with E-state index < -0.39 is 10.0 Å². The lowest BCUT2D eigenvalue weighted by Gasteiger charge is -2.22. The lowest BCUT2D eigenvalue weighted by molar-refractivity contribution is 0.100. The van der Waals surface area contributed by atoms with Crippen LogP contribution in [0.25, 0.3) is 0 Å². The molecule has 0 spiro atoms. The first-order valence-corrected chi connectivity index (χ1v) is 15.5. The Kier molecular flexibility index (Phi) is 16.7. The van der Waals surface area contributed by atoms with Crippen LogP contribution in [0.4, 0.5) is 5.69 Å². The zero-order chi connectivity index (χ0) is 29.5. The van der Waals surface area contributed by atoms with Gasteiger partial charge in [0.25, 0.3) is 0 Å². The Hall–Kier alpha value is -2.52. The molecule has 0 unspecified atom stereocenters. The zero-order valence-electron chi connectivity index (χ0n) is 25.5. The third kappa shape index (κ3) is 9.05. The Morgan fingerprint density at radius 3 is 2.05 bits per heavy atom. The summed E-state index contributed by atoms with van der Waals surface area (Å²) in [5.41, 5.74) is 2.85. The van der Waals surface area contributed by atoms with Crippen LogP contribution in [-0.4, -0.2) is 53.7 Å². The van der Waals surface area contributed by atoms with Crippen LogP contribution in [0.3, 0.4) is 0 Å². The van der Waals surface area contributed by atoms with Gasteiger partial charge in [-0.3, -0.25) is 9.48 Å². The Morgan fingerprint density at radius 1 is 1.00 bits per heavy atom. The van der Waals surface area contributed by atoms with Gasteiger partial charge in [-0.25, -0.2) is 13.4 Å². The lowest BCUT2D eigenvalue weighted by Crippen LogP contribution is -2.32. The molecule has 0 saturated carbocycles. The van der Waals surface area contributed by atoms with E-state index in [1.54, 1.807) is 36.9 Å². The Bertz CT molecular complexity index is 1130. The molecule has 1 heterocycles. The molecular weight excluding hydrogens is 500 g/mol. The molecule has 0 atom stereocenters. The molecule has 8 nitrogen and oxygen atoms in total. The molecule has 0 aliphatic carbocycles. The number of ketones is 1. The van der Waals surface area contributed by atoms with Gasteiger partial charge < -0.3 is 4.74 Å². The van der Waals surface area contributed by atoms with Gasteiger partial charge in [0.2, 0.25) is 10.0 Å². The third-order valence-electron chi connectivity index (χ3n) is 5.42. The van der Waals surface area contributed by atoms with E-state index in [1.165, 1.54) is 11.2 Å². The van der Waals surface area contributed by atoms with Crippen molar-refractivity contribution in [2.75, 3.05) is 19.7 Å². The van der Waals surface area contributed by atoms with Gasteiger partial charge in [-0.2, -0.15) is 9.40 Å². The quantitative estimate of drug-likeness (QED) is 0.198. The first-order valence-electron chi connectivity index (χ1n) is 14.0. The van der Waals surface area contributed by atoms with Crippen molar-refractivity contribution in [2.24, 2.45) is 12.0 Å². The van der Waals surface area contributed by atoms with Gasteiger partial charge in [0.05, 0.1) is 17.2 Å². The fraction of sp³-hybridized carbons (Fsp3) is 0.621. The molecule has 0 fully saturated rings. The van der Waals surface area contributed by atoms with Crippen molar-refractivity contribution >= 4 is 27.2 Å². The van der Waals surface area contributed by atoms with Gasteiger partial charge in [0.15, 0.2) is 5.78 Å². The van der Waals surface area contributed by atoms with Crippen molar-refractivity contribution in [3.05, 3.63) is 35.2 Å². The summed E-state index contributed by atoms with van der Waals surface area (Å²) in [6.45, 7) is 20.5. The van der Waals surface area contributed by atoms with Gasteiger partial charge in [0, 0.05) is 38.3 Å². The van der Waals surface area contributed by atoms with Crippen LogP contribution >= 0.6 is 0 Å². The smallest absolute Gasteiger partial charge is 0.243 e. The number of carbonyl (C=O) groups is 1. The van der Waals surface area contributed by atoms with E-state index in [2.05, 4.69) is 5.10 Å². The van der Waals surface area contributed by atoms with Crippen LogP contribution < -0.4 is 4.74 Å². The Balaban J connectivity index is 0.00000326. The highest BCUT2D eigenvalue weighted by atomic mass is 32.2. The topological polar surface area (TPSA) is 93.9 Å². The summed E-state index contributed by atoms with van der Waals surface area (Å²) in [5.74, 6) is 0.422. The molecule has 0 aliphatic rings. The van der Waals surface area contributed by atoms with E-state index in [0.717, 1.165) is 25.0 Å². The lowest BCUT2D eigenvalue weighted by atomic mass is 10.1. The highest BCUT2D eigenvalue weighted by Gasteiger charge is 2.25. The summed E-state index contributed by atoms with van der Waals surface area (Å²) >= 11 is 0. The minimum atomic E-state index is -3.67. The standard InChI is InChI=1S/C25H38N4O4S.2C2H6/c1-8-12-22-24(25(19(6)30)28(7)27-22)26-18(5)21-17-20(13-14-23(21)33-11-4)34(31,32)29(15-9-2)16-10-3;2*1-2/h13-14,17H,8-12,15-16H2,1-7H3;2*1-2H3. The number of aromatic nitrogens is 2. The van der Waals surface area contributed by atoms with E-state index >= 15 is 0 Å². The molecule has 1 aromatic heterocycles.